The molecule has 1 fully saturated rings. The first-order valence-corrected chi connectivity index (χ1v) is 9.94. The molecule has 1 aliphatic rings. The van der Waals surface area contributed by atoms with Gasteiger partial charge < -0.3 is 15.4 Å². The standard InChI is InChI=1S/C21H23N7O4/c1-28-11-23-19(26-28)13-5-4-6-15(18(13)31-2)24-16-9-17(25-20(29)12-7-8-12)22-10-14(16)21(30)27-32-3/h4-6,9-12H,7-8H2,1-3H3,(H,27,30)(H2,22,24,25,29). The molecule has 0 radical (unpaired) electrons. The van der Waals surface area contributed by atoms with E-state index >= 15 is 0 Å². The van der Waals surface area contributed by atoms with Gasteiger partial charge in [0.25, 0.3) is 5.91 Å². The number of anilines is 3. The Morgan fingerprint density at radius 3 is 2.62 bits per heavy atom. The first kappa shape index (κ1) is 21.2. The molecule has 0 unspecified atom stereocenters. The summed E-state index contributed by atoms with van der Waals surface area (Å²) in [6.45, 7) is 0. The average Bonchev–Trinajstić information content (AvgIpc) is 3.55. The number of pyridine rings is 1. The fraction of sp³-hybridized carbons (Fsp3) is 0.286. The summed E-state index contributed by atoms with van der Waals surface area (Å²) in [4.78, 5) is 37.9. The Labute approximate surface area is 184 Å². The van der Waals surface area contributed by atoms with Crippen molar-refractivity contribution in [2.45, 2.75) is 12.8 Å². The largest absolute Gasteiger partial charge is 0.494 e. The van der Waals surface area contributed by atoms with Gasteiger partial charge in [-0.25, -0.2) is 15.4 Å². The zero-order valence-electron chi connectivity index (χ0n) is 17.9. The third kappa shape index (κ3) is 4.52. The van der Waals surface area contributed by atoms with E-state index in [1.807, 2.05) is 12.1 Å². The highest BCUT2D eigenvalue weighted by atomic mass is 16.6. The molecule has 1 saturated carbocycles. The number of carbonyl (C=O) groups excluding carboxylic acids is 2. The van der Waals surface area contributed by atoms with Crippen LogP contribution in [-0.4, -0.2) is 45.8 Å². The number of para-hydroxylation sites is 1. The van der Waals surface area contributed by atoms with Crippen molar-refractivity contribution in [1.29, 1.82) is 0 Å². The average molecular weight is 437 g/mol. The number of hydrogen-bond acceptors (Lipinski definition) is 8. The van der Waals surface area contributed by atoms with Crippen LogP contribution in [0.3, 0.4) is 0 Å². The molecule has 11 nitrogen and oxygen atoms in total. The maximum Gasteiger partial charge on any atom is 0.278 e. The predicted molar refractivity (Wildman–Crippen MR) is 116 cm³/mol. The molecular weight excluding hydrogens is 414 g/mol. The van der Waals surface area contributed by atoms with E-state index < -0.39 is 5.91 Å². The summed E-state index contributed by atoms with van der Waals surface area (Å²) in [6, 6.07) is 7.05. The highest BCUT2D eigenvalue weighted by Crippen LogP contribution is 2.37. The zero-order chi connectivity index (χ0) is 22.7. The number of hydrogen-bond donors (Lipinski definition) is 3. The van der Waals surface area contributed by atoms with Crippen LogP contribution in [0.4, 0.5) is 17.2 Å². The fourth-order valence-corrected chi connectivity index (χ4v) is 3.17. The van der Waals surface area contributed by atoms with Gasteiger partial charge in [-0.05, 0) is 25.0 Å². The van der Waals surface area contributed by atoms with Crippen molar-refractivity contribution in [2.24, 2.45) is 13.0 Å². The second kappa shape index (κ2) is 9.02. The zero-order valence-corrected chi connectivity index (χ0v) is 17.9. The number of benzene rings is 1. The first-order valence-electron chi connectivity index (χ1n) is 9.94. The summed E-state index contributed by atoms with van der Waals surface area (Å²) in [7, 11) is 4.66. The molecule has 0 saturated heterocycles. The topological polar surface area (TPSA) is 132 Å². The Balaban J connectivity index is 1.71. The van der Waals surface area contributed by atoms with Crippen LogP contribution in [0.1, 0.15) is 23.2 Å². The highest BCUT2D eigenvalue weighted by Gasteiger charge is 2.30. The summed E-state index contributed by atoms with van der Waals surface area (Å²) in [6.07, 6.45) is 4.71. The second-order valence-corrected chi connectivity index (χ2v) is 7.27. The molecule has 2 amide bonds. The van der Waals surface area contributed by atoms with Crippen molar-refractivity contribution in [1.82, 2.24) is 25.2 Å². The van der Waals surface area contributed by atoms with Crippen molar-refractivity contribution >= 4 is 29.0 Å². The van der Waals surface area contributed by atoms with Crippen LogP contribution in [0.5, 0.6) is 5.75 Å². The lowest BCUT2D eigenvalue weighted by Gasteiger charge is -2.17. The van der Waals surface area contributed by atoms with E-state index in [0.29, 0.717) is 34.3 Å². The van der Waals surface area contributed by atoms with E-state index in [-0.39, 0.29) is 17.4 Å². The minimum Gasteiger partial charge on any atom is -0.494 e. The van der Waals surface area contributed by atoms with Crippen LogP contribution in [0.15, 0.2) is 36.8 Å². The number of carbonyl (C=O) groups is 2. The minimum absolute atomic E-state index is 0.0207. The van der Waals surface area contributed by atoms with Crippen LogP contribution < -0.4 is 20.9 Å². The lowest BCUT2D eigenvalue weighted by molar-refractivity contribution is -0.117. The summed E-state index contributed by atoms with van der Waals surface area (Å²) in [5.41, 5.74) is 4.17. The van der Waals surface area contributed by atoms with Gasteiger partial charge >= 0.3 is 0 Å². The minimum atomic E-state index is -0.496. The SMILES string of the molecule is CONC(=O)c1cnc(NC(=O)C2CC2)cc1Nc1cccc(-c2ncn(C)n2)c1OC. The third-order valence-corrected chi connectivity index (χ3v) is 4.87. The van der Waals surface area contributed by atoms with Gasteiger partial charge in [0, 0.05) is 25.2 Å². The van der Waals surface area contributed by atoms with E-state index in [1.165, 1.54) is 13.3 Å². The maximum atomic E-state index is 12.5. The van der Waals surface area contributed by atoms with Gasteiger partial charge in [-0.3, -0.25) is 19.1 Å². The van der Waals surface area contributed by atoms with Crippen LogP contribution in [0, 0.1) is 5.92 Å². The van der Waals surface area contributed by atoms with Crippen molar-refractivity contribution in [3.8, 4) is 17.1 Å². The monoisotopic (exact) mass is 437 g/mol. The first-order chi connectivity index (χ1) is 15.5. The number of rotatable bonds is 8. The van der Waals surface area contributed by atoms with Crippen LogP contribution in [0.25, 0.3) is 11.4 Å². The number of methoxy groups -OCH3 is 1. The van der Waals surface area contributed by atoms with Gasteiger partial charge in [0.1, 0.15) is 12.1 Å². The number of nitrogens with zero attached hydrogens (tertiary/aromatic N) is 4. The van der Waals surface area contributed by atoms with Gasteiger partial charge in [0.15, 0.2) is 11.6 Å². The van der Waals surface area contributed by atoms with Gasteiger partial charge in [-0.1, -0.05) is 6.07 Å². The number of aryl methyl sites for hydroxylation is 1. The molecule has 3 N–H and O–H groups in total. The normalized spacial score (nSPS) is 12.8. The summed E-state index contributed by atoms with van der Waals surface area (Å²) >= 11 is 0. The number of nitrogens with one attached hydrogen (secondary N) is 3. The molecule has 0 atom stereocenters. The molecule has 0 bridgehead atoms. The predicted octanol–water partition coefficient (Wildman–Crippen LogP) is 2.27. The van der Waals surface area contributed by atoms with Crippen LogP contribution in [0.2, 0.25) is 0 Å². The van der Waals surface area contributed by atoms with Crippen LogP contribution in [-0.2, 0) is 16.7 Å². The van der Waals surface area contributed by atoms with Crippen molar-refractivity contribution < 1.29 is 19.2 Å². The maximum absolute atomic E-state index is 12.5. The van der Waals surface area contributed by atoms with E-state index in [4.69, 9.17) is 9.57 Å². The molecule has 0 spiro atoms. The summed E-state index contributed by atoms with van der Waals surface area (Å²) in [5, 5.41) is 10.3. The molecule has 2 heterocycles. The highest BCUT2D eigenvalue weighted by molar-refractivity contribution is 6.01. The van der Waals surface area contributed by atoms with Gasteiger partial charge in [-0.15, -0.1) is 0 Å². The molecule has 1 aromatic carbocycles. The molecule has 32 heavy (non-hydrogen) atoms. The smallest absolute Gasteiger partial charge is 0.278 e. The Hall–Kier alpha value is -3.99. The molecule has 1 aliphatic carbocycles. The number of amides is 2. The summed E-state index contributed by atoms with van der Waals surface area (Å²) < 4.78 is 7.23. The van der Waals surface area contributed by atoms with Gasteiger partial charge in [-0.2, -0.15) is 5.10 Å². The van der Waals surface area contributed by atoms with E-state index in [0.717, 1.165) is 12.8 Å². The Bertz CT molecular complexity index is 1160. The number of aromatic nitrogens is 4. The van der Waals surface area contributed by atoms with Crippen molar-refractivity contribution in [2.75, 3.05) is 24.9 Å². The molecule has 166 valence electrons. The molecule has 0 aliphatic heterocycles. The van der Waals surface area contributed by atoms with Crippen LogP contribution >= 0.6 is 0 Å². The van der Waals surface area contributed by atoms with Crippen molar-refractivity contribution in [3.63, 3.8) is 0 Å². The van der Waals surface area contributed by atoms with Gasteiger partial charge in [0.05, 0.1) is 36.7 Å². The lowest BCUT2D eigenvalue weighted by Crippen LogP contribution is -2.23. The molecule has 3 aromatic rings. The molecule has 2 aromatic heterocycles. The van der Waals surface area contributed by atoms with Crippen molar-refractivity contribution in [3.05, 3.63) is 42.4 Å². The third-order valence-electron chi connectivity index (χ3n) is 4.87. The van der Waals surface area contributed by atoms with Gasteiger partial charge in [0.2, 0.25) is 5.91 Å². The van der Waals surface area contributed by atoms with E-state index in [1.54, 1.807) is 37.3 Å². The second-order valence-electron chi connectivity index (χ2n) is 7.27. The summed E-state index contributed by atoms with van der Waals surface area (Å²) in [5.74, 6) is 0.768. The van der Waals surface area contributed by atoms with E-state index in [9.17, 15) is 9.59 Å². The fourth-order valence-electron chi connectivity index (χ4n) is 3.17. The Kier molecular flexibility index (Phi) is 5.99. The van der Waals surface area contributed by atoms with E-state index in [2.05, 4.69) is 31.2 Å². The molecular formula is C21H23N7O4. The Morgan fingerprint density at radius 1 is 1.16 bits per heavy atom. The molecule has 11 heteroatoms. The lowest BCUT2D eigenvalue weighted by atomic mass is 10.1. The molecule has 4 rings (SSSR count). The number of hydroxylamine groups is 1. The number of ether oxygens (including phenoxy) is 1. The quantitative estimate of drug-likeness (QED) is 0.457. The Morgan fingerprint density at radius 2 is 1.97 bits per heavy atom.